The van der Waals surface area contributed by atoms with E-state index in [0.717, 1.165) is 22.1 Å². The second-order valence-corrected chi connectivity index (χ2v) is 7.09. The fraction of sp³-hybridized carbons (Fsp3) is 0.174. The minimum absolute atomic E-state index is 0.0623. The van der Waals surface area contributed by atoms with E-state index in [4.69, 9.17) is 0 Å². The van der Waals surface area contributed by atoms with Gasteiger partial charge in [-0.25, -0.2) is 9.78 Å². The van der Waals surface area contributed by atoms with Crippen LogP contribution >= 0.6 is 0 Å². The maximum atomic E-state index is 13.2. The lowest BCUT2D eigenvalue weighted by Gasteiger charge is -2.14. The summed E-state index contributed by atoms with van der Waals surface area (Å²) in [5.41, 5.74) is 1.94. The van der Waals surface area contributed by atoms with E-state index in [1.807, 2.05) is 24.3 Å². The molecular weight excluding hydrogens is 394 g/mol. The van der Waals surface area contributed by atoms with Gasteiger partial charge in [0.2, 0.25) is 5.91 Å². The summed E-state index contributed by atoms with van der Waals surface area (Å²) in [7, 11) is 0. The molecule has 0 saturated heterocycles. The smallest absolute Gasteiger partial charge is 0.325 e. The molecule has 0 spiro atoms. The van der Waals surface area contributed by atoms with Crippen LogP contribution in [0.5, 0.6) is 0 Å². The Hall–Kier alpha value is -4.07. The van der Waals surface area contributed by atoms with Gasteiger partial charge in [-0.3, -0.25) is 23.7 Å². The van der Waals surface area contributed by atoms with Gasteiger partial charge in [0, 0.05) is 24.3 Å². The molecule has 31 heavy (non-hydrogen) atoms. The zero-order valence-electron chi connectivity index (χ0n) is 17.0. The first-order chi connectivity index (χ1) is 15.1. The fourth-order valence-electron chi connectivity index (χ4n) is 3.37. The molecule has 0 aliphatic carbocycles. The van der Waals surface area contributed by atoms with Crippen molar-refractivity contribution >= 4 is 22.6 Å². The molecule has 0 aliphatic rings. The summed E-state index contributed by atoms with van der Waals surface area (Å²) >= 11 is 0. The summed E-state index contributed by atoms with van der Waals surface area (Å²) in [6.07, 6.45) is 5.58. The lowest BCUT2D eigenvalue weighted by Crippen LogP contribution is -2.42. The first-order valence-corrected chi connectivity index (χ1v) is 9.93. The average Bonchev–Trinajstić information content (AvgIpc) is 2.80. The van der Waals surface area contributed by atoms with Gasteiger partial charge in [0.15, 0.2) is 5.52 Å². The fourth-order valence-corrected chi connectivity index (χ4v) is 3.37. The van der Waals surface area contributed by atoms with Gasteiger partial charge in [0.05, 0.1) is 12.1 Å². The lowest BCUT2D eigenvalue weighted by molar-refractivity contribution is -0.116. The Balaban J connectivity index is 1.71. The number of nitrogens with one attached hydrogen (secondary N) is 1. The van der Waals surface area contributed by atoms with Gasteiger partial charge in [0.25, 0.3) is 5.56 Å². The Bertz CT molecular complexity index is 1340. The first-order valence-electron chi connectivity index (χ1n) is 9.93. The number of aryl methyl sites for hydroxylation is 1. The molecule has 3 heterocycles. The standard InChI is InChI=1S/C23H21N5O3/c1-2-16-5-7-18(8-6-16)26-20(29)15-27-19-4-3-11-25-21(19)22(30)28(23(27)31)14-17-9-12-24-13-10-17/h3-13H,2,14-15H2,1H3,(H,26,29). The highest BCUT2D eigenvalue weighted by molar-refractivity contribution is 5.91. The van der Waals surface area contributed by atoms with Crippen LogP contribution in [-0.4, -0.2) is 25.0 Å². The Morgan fingerprint density at radius 2 is 1.68 bits per heavy atom. The Morgan fingerprint density at radius 1 is 0.935 bits per heavy atom. The maximum Gasteiger partial charge on any atom is 0.332 e. The van der Waals surface area contributed by atoms with E-state index < -0.39 is 11.2 Å². The highest BCUT2D eigenvalue weighted by Gasteiger charge is 2.16. The first kappa shape index (κ1) is 20.2. The van der Waals surface area contributed by atoms with Crippen molar-refractivity contribution in [3.05, 3.63) is 99.1 Å². The molecule has 8 nitrogen and oxygen atoms in total. The van der Waals surface area contributed by atoms with Crippen LogP contribution in [0.1, 0.15) is 18.1 Å². The van der Waals surface area contributed by atoms with E-state index in [1.54, 1.807) is 36.7 Å². The quantitative estimate of drug-likeness (QED) is 0.521. The Labute approximate surface area is 177 Å². The molecule has 8 heteroatoms. The summed E-state index contributed by atoms with van der Waals surface area (Å²) < 4.78 is 2.37. The molecule has 4 aromatic rings. The van der Waals surface area contributed by atoms with Gasteiger partial charge in [-0.1, -0.05) is 19.1 Å². The Kier molecular flexibility index (Phi) is 5.70. The third-order valence-corrected chi connectivity index (χ3v) is 5.02. The molecule has 156 valence electrons. The van der Waals surface area contributed by atoms with Crippen molar-refractivity contribution in [3.8, 4) is 0 Å². The largest absolute Gasteiger partial charge is 0.332 e. The van der Waals surface area contributed by atoms with Crippen LogP contribution in [0.25, 0.3) is 11.0 Å². The third kappa shape index (κ3) is 4.28. The zero-order chi connectivity index (χ0) is 21.8. The van der Waals surface area contributed by atoms with Gasteiger partial charge in [0.1, 0.15) is 6.54 Å². The molecule has 1 aromatic carbocycles. The zero-order valence-corrected chi connectivity index (χ0v) is 17.0. The number of carbonyl (C=O) groups is 1. The summed E-state index contributed by atoms with van der Waals surface area (Å²) in [4.78, 5) is 46.9. The average molecular weight is 415 g/mol. The number of amides is 1. The molecule has 0 saturated carbocycles. The van der Waals surface area contributed by atoms with E-state index in [1.165, 1.54) is 10.8 Å². The van der Waals surface area contributed by atoms with Crippen LogP contribution in [0.15, 0.2) is 76.7 Å². The van der Waals surface area contributed by atoms with Crippen LogP contribution < -0.4 is 16.6 Å². The van der Waals surface area contributed by atoms with E-state index in [-0.39, 0.29) is 24.5 Å². The van der Waals surface area contributed by atoms with Crippen LogP contribution in [-0.2, 0) is 24.3 Å². The molecule has 0 fully saturated rings. The predicted molar refractivity (Wildman–Crippen MR) is 118 cm³/mol. The number of hydrogen-bond acceptors (Lipinski definition) is 5. The maximum absolute atomic E-state index is 13.2. The van der Waals surface area contributed by atoms with Crippen molar-refractivity contribution < 1.29 is 4.79 Å². The number of hydrogen-bond donors (Lipinski definition) is 1. The number of rotatable bonds is 6. The predicted octanol–water partition coefficient (Wildman–Crippen LogP) is 2.20. The van der Waals surface area contributed by atoms with Gasteiger partial charge < -0.3 is 5.32 Å². The summed E-state index contributed by atoms with van der Waals surface area (Å²) in [6.45, 7) is 1.88. The summed E-state index contributed by atoms with van der Waals surface area (Å²) in [5.74, 6) is -0.370. The molecule has 4 rings (SSSR count). The number of benzene rings is 1. The lowest BCUT2D eigenvalue weighted by atomic mass is 10.1. The molecule has 1 N–H and O–H groups in total. The number of carbonyl (C=O) groups excluding carboxylic acids is 1. The van der Waals surface area contributed by atoms with Gasteiger partial charge in [-0.05, 0) is 53.9 Å². The minimum Gasteiger partial charge on any atom is -0.325 e. The number of anilines is 1. The van der Waals surface area contributed by atoms with Crippen molar-refractivity contribution in [2.75, 3.05) is 5.32 Å². The minimum atomic E-state index is -0.571. The van der Waals surface area contributed by atoms with E-state index in [2.05, 4.69) is 22.2 Å². The van der Waals surface area contributed by atoms with Gasteiger partial charge >= 0.3 is 5.69 Å². The molecule has 0 bridgehead atoms. The summed E-state index contributed by atoms with van der Waals surface area (Å²) in [6, 6.07) is 14.2. The number of nitrogens with zero attached hydrogens (tertiary/aromatic N) is 4. The van der Waals surface area contributed by atoms with E-state index >= 15 is 0 Å². The van der Waals surface area contributed by atoms with Gasteiger partial charge in [-0.2, -0.15) is 0 Å². The number of aromatic nitrogens is 4. The molecule has 0 unspecified atom stereocenters. The third-order valence-electron chi connectivity index (χ3n) is 5.02. The van der Waals surface area contributed by atoms with Crippen molar-refractivity contribution in [1.82, 2.24) is 19.1 Å². The monoisotopic (exact) mass is 415 g/mol. The second kappa shape index (κ2) is 8.74. The van der Waals surface area contributed by atoms with Crippen molar-refractivity contribution in [2.45, 2.75) is 26.4 Å². The van der Waals surface area contributed by atoms with Crippen molar-refractivity contribution in [1.29, 1.82) is 0 Å². The van der Waals surface area contributed by atoms with Crippen LogP contribution in [0.3, 0.4) is 0 Å². The van der Waals surface area contributed by atoms with Crippen LogP contribution in [0, 0.1) is 0 Å². The van der Waals surface area contributed by atoms with E-state index in [0.29, 0.717) is 11.2 Å². The molecule has 3 aromatic heterocycles. The van der Waals surface area contributed by atoms with Crippen LogP contribution in [0.4, 0.5) is 5.69 Å². The van der Waals surface area contributed by atoms with Gasteiger partial charge in [-0.15, -0.1) is 0 Å². The highest BCUT2D eigenvalue weighted by atomic mass is 16.2. The molecular formula is C23H21N5O3. The number of pyridine rings is 2. The molecule has 0 radical (unpaired) electrons. The molecule has 1 amide bonds. The molecule has 0 atom stereocenters. The Morgan fingerprint density at radius 3 is 2.39 bits per heavy atom. The highest BCUT2D eigenvalue weighted by Crippen LogP contribution is 2.11. The second-order valence-electron chi connectivity index (χ2n) is 7.09. The topological polar surface area (TPSA) is 98.9 Å². The van der Waals surface area contributed by atoms with Crippen molar-refractivity contribution in [2.24, 2.45) is 0 Å². The summed E-state index contributed by atoms with van der Waals surface area (Å²) in [5, 5.41) is 2.80. The number of fused-ring (bicyclic) bond motifs is 1. The molecule has 0 aliphatic heterocycles. The van der Waals surface area contributed by atoms with Crippen LogP contribution in [0.2, 0.25) is 0 Å². The van der Waals surface area contributed by atoms with E-state index in [9.17, 15) is 14.4 Å². The SMILES string of the molecule is CCc1ccc(NC(=O)Cn2c(=O)n(Cc3ccncc3)c(=O)c3ncccc32)cc1. The van der Waals surface area contributed by atoms with Crippen molar-refractivity contribution in [3.63, 3.8) is 0 Å². The normalized spacial score (nSPS) is 10.9.